The van der Waals surface area contributed by atoms with Crippen LogP contribution in [-0.2, 0) is 4.79 Å². The first kappa shape index (κ1) is 10.1. The highest BCUT2D eigenvalue weighted by Crippen LogP contribution is 2.13. The van der Waals surface area contributed by atoms with E-state index in [4.69, 9.17) is 10.4 Å². The van der Waals surface area contributed by atoms with Crippen molar-refractivity contribution in [1.29, 1.82) is 5.26 Å². The van der Waals surface area contributed by atoms with E-state index in [-0.39, 0.29) is 6.54 Å². The summed E-state index contributed by atoms with van der Waals surface area (Å²) < 4.78 is 0. The number of nitrogens with zero attached hydrogens (tertiary/aromatic N) is 2. The van der Waals surface area contributed by atoms with E-state index in [0.29, 0.717) is 5.69 Å². The van der Waals surface area contributed by atoms with Gasteiger partial charge in [0.1, 0.15) is 6.54 Å². The van der Waals surface area contributed by atoms with E-state index in [1.165, 1.54) is 0 Å². The minimum Gasteiger partial charge on any atom is -0.480 e. The molecule has 0 spiro atoms. The van der Waals surface area contributed by atoms with Crippen LogP contribution < -0.4 is 4.90 Å². The molecule has 72 valence electrons. The summed E-state index contributed by atoms with van der Waals surface area (Å²) in [5.41, 5.74) is 1.67. The van der Waals surface area contributed by atoms with Crippen LogP contribution in [0.2, 0.25) is 0 Å². The van der Waals surface area contributed by atoms with Gasteiger partial charge in [0.05, 0.1) is 5.69 Å². The first-order valence-electron chi connectivity index (χ1n) is 4.09. The molecular formula is C10H10N2O2. The van der Waals surface area contributed by atoms with Crippen molar-refractivity contribution in [2.45, 2.75) is 6.92 Å². The van der Waals surface area contributed by atoms with Gasteiger partial charge in [-0.15, -0.1) is 0 Å². The summed E-state index contributed by atoms with van der Waals surface area (Å²) in [4.78, 5) is 11.5. The molecule has 0 amide bonds. The van der Waals surface area contributed by atoms with Crippen LogP contribution in [0.15, 0.2) is 24.3 Å². The molecule has 0 aliphatic heterocycles. The molecular weight excluding hydrogens is 180 g/mol. The summed E-state index contributed by atoms with van der Waals surface area (Å²) in [5.74, 6) is -1.02. The zero-order valence-electron chi connectivity index (χ0n) is 7.77. The highest BCUT2D eigenvalue weighted by atomic mass is 16.4. The molecule has 14 heavy (non-hydrogen) atoms. The highest BCUT2D eigenvalue weighted by Gasteiger charge is 2.08. The highest BCUT2D eigenvalue weighted by molar-refractivity contribution is 5.74. The van der Waals surface area contributed by atoms with E-state index in [0.717, 1.165) is 10.5 Å². The second kappa shape index (κ2) is 4.28. The zero-order valence-corrected chi connectivity index (χ0v) is 7.77. The summed E-state index contributed by atoms with van der Waals surface area (Å²) in [6.45, 7) is 1.62. The van der Waals surface area contributed by atoms with Crippen LogP contribution in [-0.4, -0.2) is 17.6 Å². The van der Waals surface area contributed by atoms with Gasteiger partial charge in [-0.25, -0.2) is 0 Å². The van der Waals surface area contributed by atoms with Crippen molar-refractivity contribution in [2.24, 2.45) is 0 Å². The Labute approximate surface area is 82.0 Å². The van der Waals surface area contributed by atoms with Gasteiger partial charge >= 0.3 is 5.97 Å². The van der Waals surface area contributed by atoms with Gasteiger partial charge in [-0.1, -0.05) is 17.7 Å². The van der Waals surface area contributed by atoms with Gasteiger partial charge in [0.2, 0.25) is 0 Å². The van der Waals surface area contributed by atoms with Gasteiger partial charge < -0.3 is 5.11 Å². The average Bonchev–Trinajstić information content (AvgIpc) is 2.15. The molecule has 0 saturated carbocycles. The number of aryl methyl sites for hydroxylation is 1. The van der Waals surface area contributed by atoms with Crippen molar-refractivity contribution in [1.82, 2.24) is 0 Å². The second-order valence-corrected chi connectivity index (χ2v) is 2.92. The third-order valence-electron chi connectivity index (χ3n) is 1.76. The Balaban J connectivity index is 2.85. The number of nitriles is 1. The van der Waals surface area contributed by atoms with Crippen molar-refractivity contribution >= 4 is 11.7 Å². The third-order valence-corrected chi connectivity index (χ3v) is 1.76. The third kappa shape index (κ3) is 2.49. The van der Waals surface area contributed by atoms with Crippen molar-refractivity contribution in [3.8, 4) is 6.19 Å². The molecule has 1 aromatic rings. The maximum atomic E-state index is 10.4. The molecule has 1 aromatic carbocycles. The Morgan fingerprint density at radius 1 is 1.50 bits per heavy atom. The van der Waals surface area contributed by atoms with E-state index in [1.54, 1.807) is 12.1 Å². The van der Waals surface area contributed by atoms with Gasteiger partial charge in [0, 0.05) is 0 Å². The molecule has 0 fully saturated rings. The topological polar surface area (TPSA) is 64.3 Å². The van der Waals surface area contributed by atoms with Crippen molar-refractivity contribution < 1.29 is 9.90 Å². The molecule has 0 saturated heterocycles. The van der Waals surface area contributed by atoms with E-state index >= 15 is 0 Å². The van der Waals surface area contributed by atoms with Gasteiger partial charge in [0.15, 0.2) is 6.19 Å². The quantitative estimate of drug-likeness (QED) is 0.577. The van der Waals surface area contributed by atoms with Crippen LogP contribution in [0, 0.1) is 18.4 Å². The fourth-order valence-corrected chi connectivity index (χ4v) is 1.04. The lowest BCUT2D eigenvalue weighted by molar-refractivity contribution is -0.135. The minimum absolute atomic E-state index is 0.306. The van der Waals surface area contributed by atoms with Crippen LogP contribution in [0.4, 0.5) is 5.69 Å². The van der Waals surface area contributed by atoms with Crippen LogP contribution >= 0.6 is 0 Å². The van der Waals surface area contributed by atoms with E-state index in [1.807, 2.05) is 25.2 Å². The fraction of sp³-hybridized carbons (Fsp3) is 0.200. The molecule has 0 aromatic heterocycles. The number of carbonyl (C=O) groups is 1. The smallest absolute Gasteiger partial charge is 0.324 e. The minimum atomic E-state index is -1.02. The molecule has 0 radical (unpaired) electrons. The number of anilines is 1. The normalized spacial score (nSPS) is 9.14. The number of benzene rings is 1. The van der Waals surface area contributed by atoms with Crippen LogP contribution in [0.5, 0.6) is 0 Å². The lowest BCUT2D eigenvalue weighted by Crippen LogP contribution is -2.24. The monoisotopic (exact) mass is 190 g/mol. The van der Waals surface area contributed by atoms with E-state index in [2.05, 4.69) is 0 Å². The van der Waals surface area contributed by atoms with Crippen molar-refractivity contribution in [3.63, 3.8) is 0 Å². The number of carboxylic acid groups (broad SMARTS) is 1. The number of aliphatic carboxylic acids is 1. The van der Waals surface area contributed by atoms with Crippen molar-refractivity contribution in [3.05, 3.63) is 29.8 Å². The Kier molecular flexibility index (Phi) is 3.08. The molecule has 4 nitrogen and oxygen atoms in total. The molecule has 4 heteroatoms. The number of hydrogen-bond acceptors (Lipinski definition) is 3. The van der Waals surface area contributed by atoms with Gasteiger partial charge in [0.25, 0.3) is 0 Å². The Hall–Kier alpha value is -2.02. The summed E-state index contributed by atoms with van der Waals surface area (Å²) in [5, 5.41) is 17.2. The first-order chi connectivity index (χ1) is 6.63. The molecule has 0 heterocycles. The second-order valence-electron chi connectivity index (χ2n) is 2.92. The Morgan fingerprint density at radius 3 is 2.50 bits per heavy atom. The summed E-state index contributed by atoms with van der Waals surface area (Å²) in [6.07, 6.45) is 1.82. The van der Waals surface area contributed by atoms with Gasteiger partial charge in [-0.05, 0) is 19.1 Å². The molecule has 1 N–H and O–H groups in total. The van der Waals surface area contributed by atoms with Gasteiger partial charge in [-0.2, -0.15) is 5.26 Å². The summed E-state index contributed by atoms with van der Waals surface area (Å²) >= 11 is 0. The van der Waals surface area contributed by atoms with Crippen LogP contribution in [0.1, 0.15) is 5.56 Å². The maximum absolute atomic E-state index is 10.4. The number of hydrogen-bond donors (Lipinski definition) is 1. The lowest BCUT2D eigenvalue weighted by Gasteiger charge is -2.12. The Bertz CT molecular complexity index is 365. The van der Waals surface area contributed by atoms with E-state index < -0.39 is 5.97 Å². The maximum Gasteiger partial charge on any atom is 0.324 e. The molecule has 0 unspecified atom stereocenters. The molecule has 0 aliphatic rings. The lowest BCUT2D eigenvalue weighted by atomic mass is 10.2. The summed E-state index contributed by atoms with van der Waals surface area (Å²) in [7, 11) is 0. The van der Waals surface area contributed by atoms with E-state index in [9.17, 15) is 4.79 Å². The summed E-state index contributed by atoms with van der Waals surface area (Å²) in [6, 6.07) is 7.12. The zero-order chi connectivity index (χ0) is 10.6. The predicted octanol–water partition coefficient (Wildman–Crippen LogP) is 1.37. The Morgan fingerprint density at radius 2 is 2.07 bits per heavy atom. The standard InChI is InChI=1S/C10H10N2O2/c1-8-2-4-9(5-3-8)12(7-11)6-10(13)14/h2-5H,6H2,1H3,(H,13,14). The van der Waals surface area contributed by atoms with Crippen LogP contribution in [0.3, 0.4) is 0 Å². The SMILES string of the molecule is Cc1ccc(N(C#N)CC(=O)O)cc1. The molecule has 1 rings (SSSR count). The fourth-order valence-electron chi connectivity index (χ4n) is 1.04. The number of carboxylic acids is 1. The molecule has 0 bridgehead atoms. The number of rotatable bonds is 3. The largest absolute Gasteiger partial charge is 0.480 e. The van der Waals surface area contributed by atoms with Crippen molar-refractivity contribution in [2.75, 3.05) is 11.4 Å². The van der Waals surface area contributed by atoms with Crippen LogP contribution in [0.25, 0.3) is 0 Å². The molecule has 0 aliphatic carbocycles. The first-order valence-corrected chi connectivity index (χ1v) is 4.09. The predicted molar refractivity (Wildman–Crippen MR) is 51.8 cm³/mol. The molecule has 0 atom stereocenters. The average molecular weight is 190 g/mol. The van der Waals surface area contributed by atoms with Gasteiger partial charge in [-0.3, -0.25) is 9.69 Å².